The number of hydrogen-bond donors (Lipinski definition) is 1. The van der Waals surface area contributed by atoms with Crippen LogP contribution in [0, 0.1) is 6.92 Å². The van der Waals surface area contributed by atoms with E-state index in [9.17, 15) is 0 Å². The van der Waals surface area contributed by atoms with Crippen LogP contribution in [0.5, 0.6) is 0 Å². The summed E-state index contributed by atoms with van der Waals surface area (Å²) < 4.78 is 0. The molecule has 2 aliphatic heterocycles. The molecule has 0 spiro atoms. The highest BCUT2D eigenvalue weighted by molar-refractivity contribution is 5.13. The zero-order chi connectivity index (χ0) is 14.1. The van der Waals surface area contributed by atoms with Gasteiger partial charge in [-0.15, -0.1) is 0 Å². The largest absolute Gasteiger partial charge is 0.346 e. The predicted molar refractivity (Wildman–Crippen MR) is 80.8 cm³/mol. The average molecular weight is 277 g/mol. The predicted octanol–water partition coefficient (Wildman–Crippen LogP) is 0.712. The van der Waals surface area contributed by atoms with E-state index >= 15 is 0 Å². The summed E-state index contributed by atoms with van der Waals surface area (Å²) in [5.41, 5.74) is 2.48. The number of imidazole rings is 1. The van der Waals surface area contributed by atoms with Crippen molar-refractivity contribution in [2.75, 3.05) is 46.3 Å². The molecular weight excluding hydrogens is 250 g/mol. The topological polar surface area (TPSA) is 38.4 Å². The molecule has 5 nitrogen and oxygen atoms in total. The molecule has 1 aromatic rings. The first kappa shape index (κ1) is 14.0. The third-order valence-corrected chi connectivity index (χ3v) is 4.72. The van der Waals surface area contributed by atoms with Gasteiger partial charge in [-0.3, -0.25) is 9.80 Å². The Hall–Kier alpha value is -0.910. The summed E-state index contributed by atoms with van der Waals surface area (Å²) in [6, 6.07) is 0.701. The standard InChI is InChI=1S/C15H27N5/c1-4-15-16-12(2)14(17-15)11-19-6-8-20-7-5-18(3)9-13(20)10-19/h13H,4-11H2,1-3H3,(H,16,17)/t13-/m0/s1. The molecule has 2 saturated heterocycles. The third kappa shape index (κ3) is 2.90. The molecule has 1 atom stereocenters. The SMILES string of the molecule is CCc1nc(CN2CCN3CCN(C)C[C@H]3C2)c(C)[nH]1. The maximum atomic E-state index is 4.72. The maximum absolute atomic E-state index is 4.72. The molecule has 0 saturated carbocycles. The molecule has 2 fully saturated rings. The van der Waals surface area contributed by atoms with Crippen molar-refractivity contribution in [3.8, 4) is 0 Å². The van der Waals surface area contributed by atoms with E-state index < -0.39 is 0 Å². The maximum Gasteiger partial charge on any atom is 0.106 e. The van der Waals surface area contributed by atoms with Crippen LogP contribution >= 0.6 is 0 Å². The number of nitrogens with one attached hydrogen (secondary N) is 1. The first-order valence-electron chi connectivity index (χ1n) is 7.85. The number of hydrogen-bond acceptors (Lipinski definition) is 4. The summed E-state index contributed by atoms with van der Waals surface area (Å²) >= 11 is 0. The molecule has 0 aliphatic carbocycles. The Morgan fingerprint density at radius 2 is 2.00 bits per heavy atom. The van der Waals surface area contributed by atoms with Crippen LogP contribution in [0.2, 0.25) is 0 Å². The Morgan fingerprint density at radius 1 is 1.20 bits per heavy atom. The van der Waals surface area contributed by atoms with Gasteiger partial charge in [0.2, 0.25) is 0 Å². The summed E-state index contributed by atoms with van der Waals surface area (Å²) in [4.78, 5) is 15.8. The number of fused-ring (bicyclic) bond motifs is 1. The van der Waals surface area contributed by atoms with Crippen LogP contribution in [0.4, 0.5) is 0 Å². The van der Waals surface area contributed by atoms with Gasteiger partial charge in [0.25, 0.3) is 0 Å². The van der Waals surface area contributed by atoms with Gasteiger partial charge < -0.3 is 9.88 Å². The number of rotatable bonds is 3. The first-order chi connectivity index (χ1) is 9.65. The Morgan fingerprint density at radius 3 is 2.75 bits per heavy atom. The van der Waals surface area contributed by atoms with Crippen molar-refractivity contribution in [3.63, 3.8) is 0 Å². The third-order valence-electron chi connectivity index (χ3n) is 4.72. The van der Waals surface area contributed by atoms with Crippen molar-refractivity contribution in [1.82, 2.24) is 24.7 Å². The Kier molecular flexibility index (Phi) is 4.10. The van der Waals surface area contributed by atoms with Gasteiger partial charge in [0, 0.05) is 64.0 Å². The van der Waals surface area contributed by atoms with Gasteiger partial charge in [0.15, 0.2) is 0 Å². The second-order valence-corrected chi connectivity index (χ2v) is 6.30. The Bertz CT molecular complexity index is 455. The van der Waals surface area contributed by atoms with E-state index in [0.717, 1.165) is 18.8 Å². The second-order valence-electron chi connectivity index (χ2n) is 6.30. The number of aromatic amines is 1. The van der Waals surface area contributed by atoms with Crippen molar-refractivity contribution in [2.24, 2.45) is 0 Å². The van der Waals surface area contributed by atoms with Crippen molar-refractivity contribution in [1.29, 1.82) is 0 Å². The van der Waals surface area contributed by atoms with Gasteiger partial charge in [-0.2, -0.15) is 0 Å². The molecule has 1 aromatic heterocycles. The molecule has 0 radical (unpaired) electrons. The molecule has 1 N–H and O–H groups in total. The van der Waals surface area contributed by atoms with Gasteiger partial charge in [-0.25, -0.2) is 4.98 Å². The van der Waals surface area contributed by atoms with Crippen LogP contribution in [0.25, 0.3) is 0 Å². The molecule has 3 heterocycles. The minimum absolute atomic E-state index is 0.701. The molecule has 0 unspecified atom stereocenters. The van der Waals surface area contributed by atoms with Crippen molar-refractivity contribution in [3.05, 3.63) is 17.2 Å². The monoisotopic (exact) mass is 277 g/mol. The molecule has 3 rings (SSSR count). The van der Waals surface area contributed by atoms with Gasteiger partial charge in [-0.05, 0) is 14.0 Å². The number of likely N-dealkylation sites (N-methyl/N-ethyl adjacent to an activating group) is 1. The Labute approximate surface area is 122 Å². The fourth-order valence-electron chi connectivity index (χ4n) is 3.42. The van der Waals surface area contributed by atoms with E-state index in [0.29, 0.717) is 6.04 Å². The van der Waals surface area contributed by atoms with Gasteiger partial charge in [-0.1, -0.05) is 6.92 Å². The summed E-state index contributed by atoms with van der Waals surface area (Å²) in [6.45, 7) is 12.5. The number of piperazine rings is 2. The lowest BCUT2D eigenvalue weighted by molar-refractivity contribution is 0.0171. The highest BCUT2D eigenvalue weighted by Crippen LogP contribution is 2.17. The van der Waals surface area contributed by atoms with Gasteiger partial charge >= 0.3 is 0 Å². The lowest BCUT2D eigenvalue weighted by atomic mass is 10.1. The first-order valence-corrected chi connectivity index (χ1v) is 7.85. The zero-order valence-electron chi connectivity index (χ0n) is 13.0. The van der Waals surface area contributed by atoms with Crippen LogP contribution in [0.1, 0.15) is 24.1 Å². The highest BCUT2D eigenvalue weighted by atomic mass is 15.3. The fraction of sp³-hybridized carbons (Fsp3) is 0.800. The van der Waals surface area contributed by atoms with Crippen LogP contribution in [-0.2, 0) is 13.0 Å². The molecule has 20 heavy (non-hydrogen) atoms. The van der Waals surface area contributed by atoms with E-state index in [1.54, 1.807) is 0 Å². The lowest BCUT2D eigenvalue weighted by Crippen LogP contribution is -2.61. The van der Waals surface area contributed by atoms with E-state index in [4.69, 9.17) is 4.98 Å². The highest BCUT2D eigenvalue weighted by Gasteiger charge is 2.31. The van der Waals surface area contributed by atoms with Crippen LogP contribution < -0.4 is 0 Å². The summed E-state index contributed by atoms with van der Waals surface area (Å²) in [6.07, 6.45) is 0.988. The van der Waals surface area contributed by atoms with E-state index in [1.165, 1.54) is 50.7 Å². The normalized spacial score (nSPS) is 25.9. The Balaban J connectivity index is 1.62. The molecule has 2 aliphatic rings. The van der Waals surface area contributed by atoms with Gasteiger partial charge in [0.05, 0.1) is 5.69 Å². The summed E-state index contributed by atoms with van der Waals surface area (Å²) in [5.74, 6) is 1.12. The number of H-pyrrole nitrogens is 1. The molecule has 5 heteroatoms. The van der Waals surface area contributed by atoms with Crippen LogP contribution in [-0.4, -0.2) is 77.0 Å². The lowest BCUT2D eigenvalue weighted by Gasteiger charge is -2.46. The molecule has 0 bridgehead atoms. The number of aromatic nitrogens is 2. The average Bonchev–Trinajstić information content (AvgIpc) is 2.79. The smallest absolute Gasteiger partial charge is 0.106 e. The van der Waals surface area contributed by atoms with Crippen molar-refractivity contribution in [2.45, 2.75) is 32.9 Å². The van der Waals surface area contributed by atoms with E-state index in [-0.39, 0.29) is 0 Å². The van der Waals surface area contributed by atoms with Crippen molar-refractivity contribution >= 4 is 0 Å². The minimum atomic E-state index is 0.701. The molecule has 112 valence electrons. The van der Waals surface area contributed by atoms with Crippen LogP contribution in [0.15, 0.2) is 0 Å². The minimum Gasteiger partial charge on any atom is -0.346 e. The molecule has 0 aromatic carbocycles. The number of nitrogens with zero attached hydrogens (tertiary/aromatic N) is 4. The van der Waals surface area contributed by atoms with E-state index in [1.807, 2.05) is 0 Å². The molecular formula is C15H27N5. The summed E-state index contributed by atoms with van der Waals surface area (Å²) in [5, 5.41) is 0. The fourth-order valence-corrected chi connectivity index (χ4v) is 3.42. The summed E-state index contributed by atoms with van der Waals surface area (Å²) in [7, 11) is 2.24. The van der Waals surface area contributed by atoms with Crippen molar-refractivity contribution < 1.29 is 0 Å². The molecule has 0 amide bonds. The second kappa shape index (κ2) is 5.84. The quantitative estimate of drug-likeness (QED) is 0.883. The van der Waals surface area contributed by atoms with Gasteiger partial charge in [0.1, 0.15) is 5.82 Å². The van der Waals surface area contributed by atoms with E-state index in [2.05, 4.69) is 40.6 Å². The number of aryl methyl sites for hydroxylation is 2. The zero-order valence-corrected chi connectivity index (χ0v) is 13.0. The van der Waals surface area contributed by atoms with Crippen LogP contribution in [0.3, 0.4) is 0 Å².